The summed E-state index contributed by atoms with van der Waals surface area (Å²) in [6.45, 7) is 15.7. The molecule has 0 saturated carbocycles. The summed E-state index contributed by atoms with van der Waals surface area (Å²) >= 11 is 2.16. The third-order valence-corrected chi connectivity index (χ3v) is 3.59. The van der Waals surface area contributed by atoms with E-state index in [-0.39, 0.29) is 26.6 Å². The summed E-state index contributed by atoms with van der Waals surface area (Å²) in [5, 5.41) is 3.37. The number of rotatable bonds is 6. The van der Waals surface area contributed by atoms with Crippen molar-refractivity contribution in [1.82, 2.24) is 5.32 Å². The molecule has 0 amide bonds. The van der Waals surface area contributed by atoms with Crippen LogP contribution in [0.2, 0.25) is 0 Å². The van der Waals surface area contributed by atoms with Crippen LogP contribution in [-0.2, 0) is 9.59 Å². The van der Waals surface area contributed by atoms with Gasteiger partial charge in [-0.1, -0.05) is 43.4 Å². The number of hydrogen-bond acceptors (Lipinski definition) is 3. The van der Waals surface area contributed by atoms with Crippen LogP contribution in [0.25, 0.3) is 0 Å². The molecule has 1 unspecified atom stereocenters. The van der Waals surface area contributed by atoms with E-state index in [1.165, 1.54) is 0 Å². The van der Waals surface area contributed by atoms with Crippen molar-refractivity contribution in [2.45, 2.75) is 83.2 Å². The van der Waals surface area contributed by atoms with Crippen LogP contribution in [0.4, 0.5) is 0 Å². The Kier molecular flexibility index (Phi) is 6.87. The Hall–Kier alpha value is 0.0300. The van der Waals surface area contributed by atoms with E-state index in [2.05, 4.69) is 27.9 Å². The summed E-state index contributed by atoms with van der Waals surface area (Å²) in [5.74, 6) is 0.368. The molecule has 0 aromatic rings. The van der Waals surface area contributed by atoms with E-state index in [1.807, 2.05) is 55.4 Å². The van der Waals surface area contributed by atoms with Gasteiger partial charge in [-0.25, -0.2) is 0 Å². The van der Waals surface area contributed by atoms with Crippen molar-refractivity contribution in [3.8, 4) is 0 Å². The average Bonchev–Trinajstić information content (AvgIpc) is 2.18. The van der Waals surface area contributed by atoms with Crippen LogP contribution in [0.1, 0.15) is 68.2 Å². The molecule has 3 nitrogen and oxygen atoms in total. The molecule has 0 aliphatic heterocycles. The highest BCUT2D eigenvalue weighted by Gasteiger charge is 2.33. The molecular formula is C16H30INO2. The van der Waals surface area contributed by atoms with Gasteiger partial charge in [0.15, 0.2) is 5.78 Å². The molecule has 1 N–H and O–H groups in total. The Morgan fingerprint density at radius 3 is 1.75 bits per heavy atom. The molecule has 0 fully saturated rings. The van der Waals surface area contributed by atoms with Gasteiger partial charge < -0.3 is 5.32 Å². The van der Waals surface area contributed by atoms with E-state index in [1.54, 1.807) is 0 Å². The van der Waals surface area contributed by atoms with Crippen molar-refractivity contribution in [2.24, 2.45) is 5.41 Å². The molecule has 0 spiro atoms. The first-order valence-corrected chi connectivity index (χ1v) is 8.27. The molecule has 1 atom stereocenters. The summed E-state index contributed by atoms with van der Waals surface area (Å²) in [6, 6.07) is -0.266. The highest BCUT2D eigenvalue weighted by molar-refractivity contribution is 14.1. The summed E-state index contributed by atoms with van der Waals surface area (Å²) < 4.78 is -0.366. The Labute approximate surface area is 137 Å². The quantitative estimate of drug-likeness (QED) is 0.548. The summed E-state index contributed by atoms with van der Waals surface area (Å²) in [5.41, 5.74) is -0.541. The Morgan fingerprint density at radius 2 is 1.45 bits per heavy atom. The van der Waals surface area contributed by atoms with E-state index >= 15 is 0 Å². The van der Waals surface area contributed by atoms with Gasteiger partial charge in [0.1, 0.15) is 5.78 Å². The molecule has 20 heavy (non-hydrogen) atoms. The number of alkyl halides is 1. The lowest BCUT2D eigenvalue weighted by Crippen LogP contribution is -2.51. The topological polar surface area (TPSA) is 46.2 Å². The smallest absolute Gasteiger partial charge is 0.155 e. The number of carbonyl (C=O) groups is 2. The normalized spacial score (nSPS) is 15.1. The monoisotopic (exact) mass is 395 g/mol. The molecule has 118 valence electrons. The van der Waals surface area contributed by atoms with Crippen molar-refractivity contribution in [3.63, 3.8) is 0 Å². The number of Topliss-reactive ketones (excluding diaryl/α,β-unsaturated/α-hetero) is 2. The zero-order valence-electron chi connectivity index (χ0n) is 14.2. The van der Waals surface area contributed by atoms with Crippen LogP contribution < -0.4 is 5.32 Å². The first-order chi connectivity index (χ1) is 8.64. The molecular weight excluding hydrogens is 365 g/mol. The van der Waals surface area contributed by atoms with Gasteiger partial charge in [0.05, 0.1) is 9.46 Å². The maximum absolute atomic E-state index is 12.5. The third kappa shape index (κ3) is 7.72. The van der Waals surface area contributed by atoms with Crippen LogP contribution >= 0.6 is 22.6 Å². The molecule has 0 bridgehead atoms. The number of halogens is 1. The highest BCUT2D eigenvalue weighted by Crippen LogP contribution is 2.24. The molecule has 0 saturated heterocycles. The largest absolute Gasteiger partial charge is 0.303 e. The van der Waals surface area contributed by atoms with Gasteiger partial charge in [0, 0.05) is 17.4 Å². The standard InChI is InChI=1S/C16H30INO2/c1-14(2,3)13(20)11(18-15(4,5)6)9-10-12(19)16(7,8)17/h11,18H,9-10H2,1-8H3. The van der Waals surface area contributed by atoms with Crippen molar-refractivity contribution in [3.05, 3.63) is 0 Å². The molecule has 0 aromatic heterocycles. The Morgan fingerprint density at radius 1 is 1.00 bits per heavy atom. The molecule has 4 heteroatoms. The second-order valence-corrected chi connectivity index (χ2v) is 10.7. The fraction of sp³-hybridized carbons (Fsp3) is 0.875. The average molecular weight is 395 g/mol. The van der Waals surface area contributed by atoms with Crippen LogP contribution in [0.3, 0.4) is 0 Å². The van der Waals surface area contributed by atoms with Crippen LogP contribution in [0.15, 0.2) is 0 Å². The second kappa shape index (κ2) is 6.86. The van der Waals surface area contributed by atoms with E-state index in [0.29, 0.717) is 12.8 Å². The Balaban J connectivity index is 4.90. The molecule has 0 aliphatic rings. The third-order valence-electron chi connectivity index (χ3n) is 2.99. The number of hydrogen-bond donors (Lipinski definition) is 1. The predicted octanol–water partition coefficient (Wildman–Crippen LogP) is 3.92. The minimum absolute atomic E-state index is 0.144. The molecule has 0 radical (unpaired) electrons. The van der Waals surface area contributed by atoms with Crippen LogP contribution in [0, 0.1) is 5.41 Å². The summed E-state index contributed by atoms with van der Waals surface area (Å²) in [6.07, 6.45) is 1.00. The van der Waals surface area contributed by atoms with Gasteiger partial charge in [-0.15, -0.1) is 0 Å². The van der Waals surface area contributed by atoms with Gasteiger partial charge >= 0.3 is 0 Å². The van der Waals surface area contributed by atoms with Crippen LogP contribution in [-0.4, -0.2) is 26.6 Å². The van der Waals surface area contributed by atoms with Crippen LogP contribution in [0.5, 0.6) is 0 Å². The maximum Gasteiger partial charge on any atom is 0.155 e. The Bertz CT molecular complexity index is 356. The molecule has 0 aliphatic carbocycles. The van der Waals surface area contributed by atoms with Crippen molar-refractivity contribution in [2.75, 3.05) is 0 Å². The minimum Gasteiger partial charge on any atom is -0.303 e. The van der Waals surface area contributed by atoms with Crippen molar-refractivity contribution >= 4 is 34.2 Å². The van der Waals surface area contributed by atoms with Gasteiger partial charge in [-0.05, 0) is 41.0 Å². The predicted molar refractivity (Wildman–Crippen MR) is 93.5 cm³/mol. The van der Waals surface area contributed by atoms with E-state index in [9.17, 15) is 9.59 Å². The van der Waals surface area contributed by atoms with Gasteiger partial charge in [0.25, 0.3) is 0 Å². The molecule has 0 aromatic carbocycles. The zero-order valence-corrected chi connectivity index (χ0v) is 16.3. The fourth-order valence-corrected chi connectivity index (χ4v) is 2.16. The number of ketones is 2. The van der Waals surface area contributed by atoms with E-state index < -0.39 is 5.41 Å². The number of carbonyl (C=O) groups excluding carboxylic acids is 2. The number of nitrogens with one attached hydrogen (secondary N) is 1. The van der Waals surface area contributed by atoms with E-state index in [4.69, 9.17) is 0 Å². The van der Waals surface area contributed by atoms with Crippen molar-refractivity contribution < 1.29 is 9.59 Å². The minimum atomic E-state index is -0.397. The highest BCUT2D eigenvalue weighted by atomic mass is 127. The second-order valence-electron chi connectivity index (χ2n) is 8.00. The fourth-order valence-electron chi connectivity index (χ4n) is 1.89. The first-order valence-electron chi connectivity index (χ1n) is 7.19. The van der Waals surface area contributed by atoms with Gasteiger partial charge in [0.2, 0.25) is 0 Å². The first kappa shape index (κ1) is 20.0. The maximum atomic E-state index is 12.5. The van der Waals surface area contributed by atoms with E-state index in [0.717, 1.165) is 0 Å². The summed E-state index contributed by atoms with van der Waals surface area (Å²) in [4.78, 5) is 24.6. The van der Waals surface area contributed by atoms with Crippen molar-refractivity contribution in [1.29, 1.82) is 0 Å². The lowest BCUT2D eigenvalue weighted by atomic mass is 9.83. The summed E-state index contributed by atoms with van der Waals surface area (Å²) in [7, 11) is 0. The zero-order chi connectivity index (χ0) is 16.4. The van der Waals surface area contributed by atoms with Gasteiger partial charge in [-0.3, -0.25) is 9.59 Å². The lowest BCUT2D eigenvalue weighted by molar-refractivity contribution is -0.129. The lowest BCUT2D eigenvalue weighted by Gasteiger charge is -2.32. The molecule has 0 rings (SSSR count). The molecule has 0 heterocycles. The SMILES string of the molecule is CC(C)(C)NC(CCC(=O)C(C)(C)I)C(=O)C(C)(C)C. The van der Waals surface area contributed by atoms with Gasteiger partial charge in [-0.2, -0.15) is 0 Å².